The van der Waals surface area contributed by atoms with Crippen LogP contribution in [0, 0.1) is 0 Å². The van der Waals surface area contributed by atoms with Crippen LogP contribution >= 0.6 is 11.3 Å². The second-order valence-corrected chi connectivity index (χ2v) is 8.10. The number of nitrogens with one attached hydrogen (secondary N) is 3. The summed E-state index contributed by atoms with van der Waals surface area (Å²) in [7, 11) is 3.39. The average Bonchev–Trinajstić information content (AvgIpc) is 3.07. The third-order valence-electron chi connectivity index (χ3n) is 3.20. The van der Waals surface area contributed by atoms with Crippen molar-refractivity contribution in [3.05, 3.63) is 22.4 Å². The smallest absolute Gasteiger partial charge is 0.407 e. The number of carbonyl (C=O) groups excluding carboxylic acids is 2. The lowest BCUT2D eigenvalue weighted by molar-refractivity contribution is -0.127. The van der Waals surface area contributed by atoms with Gasteiger partial charge in [-0.25, -0.2) is 9.79 Å². The molecule has 1 aromatic heterocycles. The maximum absolute atomic E-state index is 11.8. The molecule has 8 nitrogen and oxygen atoms in total. The van der Waals surface area contributed by atoms with Crippen LogP contribution in [-0.2, 0) is 16.0 Å². The van der Waals surface area contributed by atoms with E-state index >= 15 is 0 Å². The van der Waals surface area contributed by atoms with Gasteiger partial charge in [-0.1, -0.05) is 6.07 Å². The molecule has 0 atom stereocenters. The van der Waals surface area contributed by atoms with E-state index < -0.39 is 11.7 Å². The van der Waals surface area contributed by atoms with Crippen molar-refractivity contribution in [3.8, 4) is 0 Å². The summed E-state index contributed by atoms with van der Waals surface area (Å²) in [5, 5.41) is 11.0. The Morgan fingerprint density at radius 2 is 1.81 bits per heavy atom. The molecule has 1 aromatic rings. The van der Waals surface area contributed by atoms with E-state index in [1.54, 1.807) is 25.4 Å². The quantitative estimate of drug-likeness (QED) is 0.350. The van der Waals surface area contributed by atoms with Gasteiger partial charge in [0.2, 0.25) is 5.91 Å². The Kier molecular flexibility index (Phi) is 9.63. The fraction of sp³-hybridized carbons (Fsp3) is 0.611. The highest BCUT2D eigenvalue weighted by Gasteiger charge is 2.15. The number of carbonyl (C=O) groups is 2. The average molecular weight is 398 g/mol. The van der Waals surface area contributed by atoms with Crippen molar-refractivity contribution < 1.29 is 14.3 Å². The van der Waals surface area contributed by atoms with Crippen molar-refractivity contribution in [1.29, 1.82) is 0 Å². The van der Waals surface area contributed by atoms with E-state index in [1.165, 1.54) is 9.78 Å². The maximum Gasteiger partial charge on any atom is 0.407 e. The molecule has 9 heteroatoms. The molecule has 3 N–H and O–H groups in total. The predicted octanol–water partition coefficient (Wildman–Crippen LogP) is 1.44. The zero-order valence-corrected chi connectivity index (χ0v) is 17.6. The van der Waals surface area contributed by atoms with E-state index in [9.17, 15) is 9.59 Å². The van der Waals surface area contributed by atoms with Crippen LogP contribution in [0.5, 0.6) is 0 Å². The molecule has 0 aliphatic rings. The first kappa shape index (κ1) is 22.8. The minimum Gasteiger partial charge on any atom is -0.444 e. The van der Waals surface area contributed by atoms with Gasteiger partial charge in [0.05, 0.1) is 0 Å². The number of aliphatic imine (C=N–C) groups is 1. The highest BCUT2D eigenvalue weighted by molar-refractivity contribution is 7.09. The molecule has 0 fully saturated rings. The Morgan fingerprint density at radius 1 is 1.15 bits per heavy atom. The summed E-state index contributed by atoms with van der Waals surface area (Å²) < 4.78 is 5.18. The summed E-state index contributed by atoms with van der Waals surface area (Å²) in [5.74, 6) is 0.453. The number of thiophene rings is 1. The number of likely N-dealkylation sites (N-methyl/N-ethyl adjacent to an activating group) is 1. The van der Waals surface area contributed by atoms with Gasteiger partial charge in [-0.15, -0.1) is 11.3 Å². The Morgan fingerprint density at radius 3 is 2.41 bits per heavy atom. The van der Waals surface area contributed by atoms with Crippen LogP contribution in [0.1, 0.15) is 25.6 Å². The van der Waals surface area contributed by atoms with Crippen LogP contribution in [0.3, 0.4) is 0 Å². The van der Waals surface area contributed by atoms with Crippen molar-refractivity contribution in [2.75, 3.05) is 40.3 Å². The minimum atomic E-state index is -0.528. The third kappa shape index (κ3) is 11.1. The largest absolute Gasteiger partial charge is 0.444 e. The molecule has 0 spiro atoms. The van der Waals surface area contributed by atoms with Crippen LogP contribution in [0.15, 0.2) is 22.5 Å². The highest BCUT2D eigenvalue weighted by atomic mass is 32.1. The Balaban J connectivity index is 2.43. The second-order valence-electron chi connectivity index (χ2n) is 7.06. The number of ether oxygens (including phenoxy) is 1. The summed E-state index contributed by atoms with van der Waals surface area (Å²) in [4.78, 5) is 30.5. The molecule has 152 valence electrons. The number of nitrogens with zero attached hydrogens (tertiary/aromatic N) is 2. The number of hydrogen-bond donors (Lipinski definition) is 3. The van der Waals surface area contributed by atoms with Gasteiger partial charge < -0.3 is 25.6 Å². The van der Waals surface area contributed by atoms with E-state index in [2.05, 4.69) is 27.0 Å². The number of amides is 2. The molecule has 2 amide bonds. The van der Waals surface area contributed by atoms with E-state index in [-0.39, 0.29) is 12.5 Å². The summed E-state index contributed by atoms with van der Waals surface area (Å²) in [6, 6.07) is 4.10. The maximum atomic E-state index is 11.8. The molecule has 1 rings (SSSR count). The number of hydrogen-bond acceptors (Lipinski definition) is 5. The number of alkyl carbamates (subject to hydrolysis) is 1. The third-order valence-corrected chi connectivity index (χ3v) is 4.14. The zero-order valence-electron chi connectivity index (χ0n) is 16.8. The van der Waals surface area contributed by atoms with Gasteiger partial charge in [0.25, 0.3) is 0 Å². The van der Waals surface area contributed by atoms with E-state index in [0.29, 0.717) is 25.6 Å². The Hall–Kier alpha value is -2.29. The lowest BCUT2D eigenvalue weighted by Crippen LogP contribution is -2.43. The van der Waals surface area contributed by atoms with E-state index in [4.69, 9.17) is 4.74 Å². The van der Waals surface area contributed by atoms with Crippen molar-refractivity contribution in [1.82, 2.24) is 20.9 Å². The van der Waals surface area contributed by atoms with Crippen LogP contribution in [-0.4, -0.2) is 68.7 Å². The number of guanidine groups is 1. The van der Waals surface area contributed by atoms with Gasteiger partial charge in [0.15, 0.2) is 5.96 Å². The molecule has 1 heterocycles. The fourth-order valence-corrected chi connectivity index (χ4v) is 2.59. The lowest BCUT2D eigenvalue weighted by atomic mass is 10.2. The van der Waals surface area contributed by atoms with E-state index in [0.717, 1.165) is 6.42 Å². The molecule has 0 saturated carbocycles. The normalized spacial score (nSPS) is 11.7. The van der Waals surface area contributed by atoms with Gasteiger partial charge in [0.1, 0.15) is 12.1 Å². The molecule has 0 aliphatic carbocycles. The first-order chi connectivity index (χ1) is 12.7. The van der Waals surface area contributed by atoms with Gasteiger partial charge in [-0.2, -0.15) is 0 Å². The minimum absolute atomic E-state index is 0.0564. The van der Waals surface area contributed by atoms with E-state index in [1.807, 2.05) is 32.2 Å². The van der Waals surface area contributed by atoms with Crippen molar-refractivity contribution in [3.63, 3.8) is 0 Å². The molecule has 0 aromatic carbocycles. The standard InChI is InChI=1S/C18H31N5O3S/c1-18(2,3)26-17(25)21-11-10-20-16(22-13-15(24)23(4)5)19-9-8-14-7-6-12-27-14/h6-7,12H,8-11,13H2,1-5H3,(H,21,25)(H2,19,20,22). The van der Waals surface area contributed by atoms with Crippen LogP contribution in [0.2, 0.25) is 0 Å². The molecule has 0 radical (unpaired) electrons. The summed E-state index contributed by atoms with van der Waals surface area (Å²) >= 11 is 1.70. The van der Waals surface area contributed by atoms with Gasteiger partial charge >= 0.3 is 6.09 Å². The Bertz CT molecular complexity index is 609. The van der Waals surface area contributed by atoms with Crippen LogP contribution in [0.25, 0.3) is 0 Å². The molecular weight excluding hydrogens is 366 g/mol. The molecule has 0 saturated heterocycles. The highest BCUT2D eigenvalue weighted by Crippen LogP contribution is 2.08. The first-order valence-corrected chi connectivity index (χ1v) is 9.77. The zero-order chi connectivity index (χ0) is 20.3. The monoisotopic (exact) mass is 397 g/mol. The van der Waals surface area contributed by atoms with Gasteiger partial charge in [-0.05, 0) is 38.6 Å². The van der Waals surface area contributed by atoms with Crippen molar-refractivity contribution in [2.24, 2.45) is 4.99 Å². The first-order valence-electron chi connectivity index (χ1n) is 8.89. The number of rotatable bonds is 8. The van der Waals surface area contributed by atoms with Crippen LogP contribution in [0.4, 0.5) is 4.79 Å². The fourth-order valence-electron chi connectivity index (χ4n) is 1.88. The second kappa shape index (κ2) is 11.4. The predicted molar refractivity (Wildman–Crippen MR) is 109 cm³/mol. The molecule has 0 bridgehead atoms. The summed E-state index contributed by atoms with van der Waals surface area (Å²) in [5.41, 5.74) is -0.528. The summed E-state index contributed by atoms with van der Waals surface area (Å²) in [6.07, 6.45) is 0.409. The summed E-state index contributed by atoms with van der Waals surface area (Å²) in [6.45, 7) is 7.03. The lowest BCUT2D eigenvalue weighted by Gasteiger charge is -2.20. The van der Waals surface area contributed by atoms with Crippen LogP contribution < -0.4 is 16.0 Å². The Labute approximate surface area is 165 Å². The van der Waals surface area contributed by atoms with Gasteiger partial charge in [0, 0.05) is 38.6 Å². The molecule has 0 aliphatic heterocycles. The molecule has 27 heavy (non-hydrogen) atoms. The van der Waals surface area contributed by atoms with Crippen molar-refractivity contribution in [2.45, 2.75) is 32.8 Å². The molecular formula is C18H31N5O3S. The topological polar surface area (TPSA) is 95.1 Å². The van der Waals surface area contributed by atoms with Crippen molar-refractivity contribution >= 4 is 29.3 Å². The molecule has 0 unspecified atom stereocenters. The van der Waals surface area contributed by atoms with Gasteiger partial charge in [-0.3, -0.25) is 4.79 Å². The SMILES string of the molecule is CN(C)C(=O)CN=C(NCCNC(=O)OC(C)(C)C)NCCc1cccs1.